The van der Waals surface area contributed by atoms with E-state index in [4.69, 9.17) is 28.4 Å². The summed E-state index contributed by atoms with van der Waals surface area (Å²) >= 11 is 0. The summed E-state index contributed by atoms with van der Waals surface area (Å²) in [6.45, 7) is 5.06. The largest absolute Gasteiger partial charge is 0.478 e. The Bertz CT molecular complexity index is 1800. The van der Waals surface area contributed by atoms with E-state index in [1.165, 1.54) is 87.4 Å². The lowest BCUT2D eigenvalue weighted by Crippen LogP contribution is -2.29. The lowest BCUT2D eigenvalue weighted by Gasteiger charge is -2.24. The molecule has 0 fully saturated rings. The third kappa shape index (κ3) is 17.9. The number of rotatable bonds is 28. The normalized spacial score (nSPS) is 11.0. The zero-order chi connectivity index (χ0) is 42.9. The molecule has 1 N–H and O–H groups in total. The minimum Gasteiger partial charge on any atom is -0.478 e. The van der Waals surface area contributed by atoms with Gasteiger partial charge in [-0.1, -0.05) is 115 Å². The predicted octanol–water partition coefficient (Wildman–Crippen LogP) is 8.92. The fourth-order valence-electron chi connectivity index (χ4n) is 5.82. The van der Waals surface area contributed by atoms with E-state index >= 15 is 0 Å². The molecule has 3 aromatic rings. The number of unbranched alkanes of at least 4 members (excludes halogenated alkanes) is 10. The number of carbonyl (C=O) groups excluding carboxylic acids is 5. The van der Waals surface area contributed by atoms with Crippen LogP contribution in [0.15, 0.2) is 72.8 Å². The highest BCUT2D eigenvalue weighted by atomic mass is 16.6. The van der Waals surface area contributed by atoms with Gasteiger partial charge in [-0.3, -0.25) is 0 Å². The number of hydrogen-bond donors (Lipinski definition) is 1. The molecule has 0 radical (unpaired) electrons. The van der Waals surface area contributed by atoms with E-state index in [0.29, 0.717) is 12.0 Å². The molecule has 13 heteroatoms. The second-order valence-corrected chi connectivity index (χ2v) is 14.8. The Kier molecular flexibility index (Phi) is 21.4. The Morgan fingerprint density at radius 1 is 0.458 bits per heavy atom. The zero-order valence-corrected chi connectivity index (χ0v) is 34.5. The van der Waals surface area contributed by atoms with Crippen molar-refractivity contribution < 1.29 is 62.3 Å². The number of aromatic carboxylic acids is 1. The summed E-state index contributed by atoms with van der Waals surface area (Å²) in [5.74, 6) is -5.10. The summed E-state index contributed by atoms with van der Waals surface area (Å²) < 4.78 is 32.4. The highest BCUT2D eigenvalue weighted by molar-refractivity contribution is 6.05. The molecule has 0 aliphatic heterocycles. The number of ether oxygens (including phenoxy) is 6. The minimum absolute atomic E-state index is 0.0216. The molecule has 0 aromatic heterocycles. The Hall–Kier alpha value is -5.56. The Balaban J connectivity index is 1.55. The van der Waals surface area contributed by atoms with Gasteiger partial charge in [0.2, 0.25) is 0 Å². The average Bonchev–Trinajstić information content (AvgIpc) is 3.24. The summed E-state index contributed by atoms with van der Waals surface area (Å²) in [6.07, 6.45) is 12.7. The molecule has 59 heavy (non-hydrogen) atoms. The molecule has 0 aliphatic rings. The van der Waals surface area contributed by atoms with Crippen LogP contribution in [0.25, 0.3) is 0 Å². The number of carboxylic acid groups (broad SMARTS) is 1. The number of benzene rings is 3. The minimum atomic E-state index is -1.28. The van der Waals surface area contributed by atoms with Gasteiger partial charge in [0.05, 0.1) is 66.4 Å². The molecule has 0 saturated carbocycles. The maximum atomic E-state index is 13.4. The SMILES string of the molecule is CCCCCCCCCCCCCOC(=O)c1ccc(C(=O)OCC(C)(C)COC(=O)c2ccccc2C(=O)O)c(C(=O)OCCOCCOC(=O)c2ccccc2)c1. The summed E-state index contributed by atoms with van der Waals surface area (Å²) in [4.78, 5) is 76.1. The molecular formula is C46H58O13. The molecule has 0 heterocycles. The second kappa shape index (κ2) is 26.4. The standard InChI is InChI=1S/C46H58O13/c1-4-5-6-7-8-9-10-11-12-13-19-26-55-42(50)35-24-25-38(39(31-35)45(53)57-30-28-54-27-29-56-41(49)34-20-15-14-16-21-34)44(52)59-33-46(2,3)32-58-43(51)37-23-18-17-22-36(37)40(47)48/h14-18,20-25,31H,4-13,19,26-30,32-33H2,1-3H3,(H,47,48). The zero-order valence-electron chi connectivity index (χ0n) is 34.5. The van der Waals surface area contributed by atoms with Crippen LogP contribution in [0.4, 0.5) is 0 Å². The van der Waals surface area contributed by atoms with Crippen LogP contribution in [0.3, 0.4) is 0 Å². The van der Waals surface area contributed by atoms with E-state index in [0.717, 1.165) is 19.3 Å². The van der Waals surface area contributed by atoms with Crippen molar-refractivity contribution in [2.24, 2.45) is 5.41 Å². The third-order valence-corrected chi connectivity index (χ3v) is 9.17. The first-order valence-electron chi connectivity index (χ1n) is 20.4. The van der Waals surface area contributed by atoms with Crippen LogP contribution in [0, 0.1) is 5.41 Å². The molecule has 0 atom stereocenters. The van der Waals surface area contributed by atoms with Gasteiger partial charge in [-0.2, -0.15) is 0 Å². The van der Waals surface area contributed by atoms with E-state index in [-0.39, 0.29) is 74.1 Å². The number of hydrogen-bond acceptors (Lipinski definition) is 12. The Labute approximate surface area is 346 Å². The molecule has 0 bridgehead atoms. The van der Waals surface area contributed by atoms with E-state index in [1.54, 1.807) is 44.2 Å². The monoisotopic (exact) mass is 818 g/mol. The van der Waals surface area contributed by atoms with Crippen molar-refractivity contribution in [3.8, 4) is 0 Å². The first-order chi connectivity index (χ1) is 28.4. The molecule has 3 aromatic carbocycles. The first kappa shape index (κ1) is 47.8. The van der Waals surface area contributed by atoms with E-state index < -0.39 is 41.2 Å². The van der Waals surface area contributed by atoms with Gasteiger partial charge < -0.3 is 33.5 Å². The predicted molar refractivity (Wildman–Crippen MR) is 219 cm³/mol. The van der Waals surface area contributed by atoms with Gasteiger partial charge in [0.15, 0.2) is 0 Å². The third-order valence-electron chi connectivity index (χ3n) is 9.17. The van der Waals surface area contributed by atoms with Crippen LogP contribution in [0.5, 0.6) is 0 Å². The molecule has 0 spiro atoms. The smallest absolute Gasteiger partial charge is 0.339 e. The average molecular weight is 819 g/mol. The van der Waals surface area contributed by atoms with Crippen molar-refractivity contribution >= 4 is 35.8 Å². The molecular weight excluding hydrogens is 760 g/mol. The van der Waals surface area contributed by atoms with Crippen molar-refractivity contribution in [3.63, 3.8) is 0 Å². The summed E-state index contributed by atoms with van der Waals surface area (Å²) in [5.41, 5.74) is -1.21. The van der Waals surface area contributed by atoms with Crippen molar-refractivity contribution in [2.45, 2.75) is 91.4 Å². The van der Waals surface area contributed by atoms with E-state index in [1.807, 2.05) is 0 Å². The van der Waals surface area contributed by atoms with Crippen LogP contribution in [0.2, 0.25) is 0 Å². The van der Waals surface area contributed by atoms with Gasteiger partial charge in [0.25, 0.3) is 0 Å². The summed E-state index contributed by atoms with van der Waals surface area (Å²) in [7, 11) is 0. The topological polar surface area (TPSA) is 178 Å². The molecule has 0 unspecified atom stereocenters. The number of carboxylic acids is 1. The van der Waals surface area contributed by atoms with E-state index in [2.05, 4.69) is 6.92 Å². The Morgan fingerprint density at radius 3 is 1.49 bits per heavy atom. The maximum Gasteiger partial charge on any atom is 0.339 e. The summed E-state index contributed by atoms with van der Waals surface area (Å²) in [5, 5.41) is 9.41. The van der Waals surface area contributed by atoms with Crippen molar-refractivity contribution in [1.82, 2.24) is 0 Å². The second-order valence-electron chi connectivity index (χ2n) is 14.8. The van der Waals surface area contributed by atoms with Crippen molar-refractivity contribution in [3.05, 3.63) is 106 Å². The highest BCUT2D eigenvalue weighted by Crippen LogP contribution is 2.22. The van der Waals surface area contributed by atoms with Crippen molar-refractivity contribution in [2.75, 3.05) is 46.2 Å². The molecule has 13 nitrogen and oxygen atoms in total. The van der Waals surface area contributed by atoms with Gasteiger partial charge >= 0.3 is 35.8 Å². The number of carbonyl (C=O) groups is 6. The van der Waals surface area contributed by atoms with Gasteiger partial charge in [0, 0.05) is 5.41 Å². The van der Waals surface area contributed by atoms with Gasteiger partial charge in [-0.15, -0.1) is 0 Å². The van der Waals surface area contributed by atoms with Crippen LogP contribution in [0.1, 0.15) is 154 Å². The van der Waals surface area contributed by atoms with Crippen LogP contribution in [-0.2, 0) is 28.4 Å². The molecule has 320 valence electrons. The quantitative estimate of drug-likeness (QED) is 0.0418. The first-order valence-corrected chi connectivity index (χ1v) is 20.4. The fourth-order valence-corrected chi connectivity index (χ4v) is 5.82. The van der Waals surface area contributed by atoms with E-state index in [9.17, 15) is 33.9 Å². The van der Waals surface area contributed by atoms with Crippen LogP contribution in [-0.4, -0.2) is 87.2 Å². The maximum absolute atomic E-state index is 13.4. The van der Waals surface area contributed by atoms with Gasteiger partial charge in [-0.25, -0.2) is 28.8 Å². The van der Waals surface area contributed by atoms with Crippen LogP contribution >= 0.6 is 0 Å². The molecule has 0 amide bonds. The lowest BCUT2D eigenvalue weighted by atomic mass is 9.96. The highest BCUT2D eigenvalue weighted by Gasteiger charge is 2.28. The number of esters is 5. The summed E-state index contributed by atoms with van der Waals surface area (Å²) in [6, 6.07) is 18.0. The van der Waals surface area contributed by atoms with Crippen molar-refractivity contribution in [1.29, 1.82) is 0 Å². The molecule has 0 saturated heterocycles. The molecule has 0 aliphatic carbocycles. The lowest BCUT2D eigenvalue weighted by molar-refractivity contribution is 0.00516. The Morgan fingerprint density at radius 2 is 0.915 bits per heavy atom. The molecule has 3 rings (SSSR count). The fraction of sp³-hybridized carbons (Fsp3) is 0.478. The van der Waals surface area contributed by atoms with Crippen LogP contribution < -0.4 is 0 Å². The van der Waals surface area contributed by atoms with Gasteiger partial charge in [0.1, 0.15) is 13.2 Å². The van der Waals surface area contributed by atoms with Gasteiger partial charge in [-0.05, 0) is 48.9 Å².